The van der Waals surface area contributed by atoms with Crippen LogP contribution in [0.25, 0.3) is 0 Å². The molecule has 0 heterocycles. The van der Waals surface area contributed by atoms with Crippen molar-refractivity contribution in [1.29, 1.82) is 0 Å². The Morgan fingerprint density at radius 3 is 1.92 bits per heavy atom. The lowest BCUT2D eigenvalue weighted by Gasteiger charge is -2.57. The first-order chi connectivity index (χ1) is 11.3. The van der Waals surface area contributed by atoms with Crippen molar-refractivity contribution in [3.05, 3.63) is 29.8 Å². The third-order valence-electron chi connectivity index (χ3n) is 6.28. The van der Waals surface area contributed by atoms with Gasteiger partial charge in [0.2, 0.25) is 0 Å². The van der Waals surface area contributed by atoms with Crippen LogP contribution in [0.3, 0.4) is 0 Å². The minimum Gasteiger partial charge on any atom is -0.358 e. The second-order valence-corrected chi connectivity index (χ2v) is 10.0. The van der Waals surface area contributed by atoms with Crippen LogP contribution in [-0.4, -0.2) is 10.7 Å². The van der Waals surface area contributed by atoms with Crippen molar-refractivity contribution < 1.29 is 0 Å². The molecule has 5 rings (SSSR count). The highest BCUT2D eigenvalue weighted by molar-refractivity contribution is 7.80. The summed E-state index contributed by atoms with van der Waals surface area (Å²) in [7, 11) is 0. The van der Waals surface area contributed by atoms with E-state index in [4.69, 9.17) is 12.2 Å². The summed E-state index contributed by atoms with van der Waals surface area (Å²) in [6.07, 6.45) is 8.80. The van der Waals surface area contributed by atoms with Gasteiger partial charge in [0.25, 0.3) is 0 Å². The first-order valence-corrected chi connectivity index (χ1v) is 9.92. The molecule has 4 aliphatic carbocycles. The van der Waals surface area contributed by atoms with Crippen LogP contribution in [0.1, 0.15) is 64.9 Å². The summed E-state index contributed by atoms with van der Waals surface area (Å²) in [5.74, 6) is 2.99. The number of hydrogen-bond donors (Lipinski definition) is 2. The summed E-state index contributed by atoms with van der Waals surface area (Å²) in [6.45, 7) is 6.37. The Labute approximate surface area is 151 Å². The zero-order valence-corrected chi connectivity index (χ0v) is 16.0. The molecule has 2 nitrogen and oxygen atoms in total. The molecular weight excluding hydrogens is 312 g/mol. The van der Waals surface area contributed by atoms with Gasteiger partial charge in [0, 0.05) is 11.2 Å². The van der Waals surface area contributed by atoms with Crippen molar-refractivity contribution in [2.45, 2.75) is 70.3 Å². The van der Waals surface area contributed by atoms with Crippen LogP contribution in [0.15, 0.2) is 24.3 Å². The van der Waals surface area contributed by atoms with E-state index >= 15 is 0 Å². The summed E-state index contributed by atoms with van der Waals surface area (Å²) in [6, 6.07) is 9.14. The van der Waals surface area contributed by atoms with Crippen LogP contribution < -0.4 is 10.6 Å². The van der Waals surface area contributed by atoms with Gasteiger partial charge in [-0.2, -0.15) is 0 Å². The molecule has 0 aromatic heterocycles. The van der Waals surface area contributed by atoms with E-state index in [0.717, 1.165) is 23.4 Å². The Bertz CT molecular complexity index is 591. The highest BCUT2D eigenvalue weighted by Gasteiger charge is 2.51. The smallest absolute Gasteiger partial charge is 0.171 e. The highest BCUT2D eigenvalue weighted by atomic mass is 32.1. The van der Waals surface area contributed by atoms with E-state index in [1.165, 1.54) is 38.5 Å². The first-order valence-electron chi connectivity index (χ1n) is 9.51. The fourth-order valence-electron chi connectivity index (χ4n) is 5.87. The Kier molecular flexibility index (Phi) is 3.91. The Morgan fingerprint density at radius 2 is 1.46 bits per heavy atom. The third-order valence-corrected chi connectivity index (χ3v) is 6.49. The monoisotopic (exact) mass is 342 g/mol. The van der Waals surface area contributed by atoms with Crippen molar-refractivity contribution in [3.8, 4) is 0 Å². The van der Waals surface area contributed by atoms with Crippen LogP contribution in [-0.2, 0) is 5.41 Å². The Hall–Kier alpha value is -1.09. The molecule has 130 valence electrons. The molecule has 1 aromatic carbocycles. The lowest BCUT2D eigenvalue weighted by Crippen LogP contribution is -2.48. The Balaban J connectivity index is 1.47. The molecule has 0 spiro atoms. The van der Waals surface area contributed by atoms with Crippen LogP contribution in [0.2, 0.25) is 0 Å². The summed E-state index contributed by atoms with van der Waals surface area (Å²) >= 11 is 5.41. The first kappa shape index (κ1) is 16.4. The fourth-order valence-corrected chi connectivity index (χ4v) is 6.30. The normalized spacial score (nSPS) is 34.2. The molecular formula is C21H30N2S. The van der Waals surface area contributed by atoms with E-state index in [1.54, 1.807) is 5.56 Å². The average Bonchev–Trinajstić information content (AvgIpc) is 2.44. The van der Waals surface area contributed by atoms with E-state index in [1.807, 2.05) is 0 Å². The van der Waals surface area contributed by atoms with E-state index in [2.05, 4.69) is 55.7 Å². The summed E-state index contributed by atoms with van der Waals surface area (Å²) in [5, 5.41) is 7.33. The topological polar surface area (TPSA) is 24.1 Å². The van der Waals surface area contributed by atoms with Gasteiger partial charge < -0.3 is 10.6 Å². The van der Waals surface area contributed by atoms with Crippen LogP contribution in [0.5, 0.6) is 0 Å². The lowest BCUT2D eigenvalue weighted by molar-refractivity contribution is -0.00518. The molecule has 0 amide bonds. The largest absolute Gasteiger partial charge is 0.358 e. The van der Waals surface area contributed by atoms with Gasteiger partial charge >= 0.3 is 0 Å². The molecule has 2 N–H and O–H groups in total. The van der Waals surface area contributed by atoms with Gasteiger partial charge in [0.05, 0.1) is 0 Å². The number of nitrogens with one attached hydrogen (secondary N) is 2. The predicted molar refractivity (Wildman–Crippen MR) is 105 cm³/mol. The molecule has 4 saturated carbocycles. The van der Waals surface area contributed by atoms with Crippen molar-refractivity contribution >= 4 is 23.0 Å². The molecule has 0 aliphatic heterocycles. The number of thiocarbonyl (C=S) groups is 1. The molecule has 4 fully saturated rings. The molecule has 4 bridgehead atoms. The van der Waals surface area contributed by atoms with Gasteiger partial charge in [0.15, 0.2) is 5.11 Å². The molecule has 3 heteroatoms. The van der Waals surface area contributed by atoms with Gasteiger partial charge in [-0.25, -0.2) is 0 Å². The standard InChI is InChI=1S/C21H30N2S/c1-20(2,3)23-19(24)22-18-6-4-17(5-7-18)21-11-14-8-15(12-21)10-16(9-14)13-21/h4-7,14-16H,8-13H2,1-3H3,(H2,22,23,24). The van der Waals surface area contributed by atoms with Gasteiger partial charge in [-0.15, -0.1) is 0 Å². The van der Waals surface area contributed by atoms with Crippen LogP contribution in [0, 0.1) is 17.8 Å². The maximum absolute atomic E-state index is 5.41. The number of hydrogen-bond acceptors (Lipinski definition) is 1. The summed E-state index contributed by atoms with van der Waals surface area (Å²) in [4.78, 5) is 0. The van der Waals surface area contributed by atoms with Gasteiger partial charge in [0.1, 0.15) is 0 Å². The summed E-state index contributed by atoms with van der Waals surface area (Å²) < 4.78 is 0. The van der Waals surface area contributed by atoms with Crippen LogP contribution in [0.4, 0.5) is 5.69 Å². The SMILES string of the molecule is CC(C)(C)NC(=S)Nc1ccc(C23CC4CC(CC(C4)C2)C3)cc1. The zero-order chi connectivity index (χ0) is 16.9. The number of anilines is 1. The number of rotatable bonds is 2. The molecule has 4 aliphatic rings. The minimum absolute atomic E-state index is 0.0107. The third kappa shape index (κ3) is 3.20. The molecule has 0 atom stereocenters. The van der Waals surface area contributed by atoms with Gasteiger partial charge in [-0.3, -0.25) is 0 Å². The maximum atomic E-state index is 5.41. The average molecular weight is 343 g/mol. The van der Waals surface area contributed by atoms with E-state index in [-0.39, 0.29) is 5.54 Å². The molecule has 0 radical (unpaired) electrons. The highest BCUT2D eigenvalue weighted by Crippen LogP contribution is 2.60. The molecule has 1 aromatic rings. The molecule has 24 heavy (non-hydrogen) atoms. The quantitative estimate of drug-likeness (QED) is 0.719. The Morgan fingerprint density at radius 1 is 0.958 bits per heavy atom. The van der Waals surface area contributed by atoms with Crippen molar-refractivity contribution in [3.63, 3.8) is 0 Å². The molecule has 0 saturated heterocycles. The predicted octanol–water partition coefficient (Wildman–Crippen LogP) is 5.24. The van der Waals surface area contributed by atoms with Crippen LogP contribution >= 0.6 is 12.2 Å². The second kappa shape index (κ2) is 5.72. The minimum atomic E-state index is -0.0107. The lowest BCUT2D eigenvalue weighted by atomic mass is 9.48. The summed E-state index contributed by atoms with van der Waals surface area (Å²) in [5.41, 5.74) is 3.13. The van der Waals surface area contributed by atoms with Crippen molar-refractivity contribution in [2.75, 3.05) is 5.32 Å². The van der Waals surface area contributed by atoms with Crippen molar-refractivity contribution in [2.24, 2.45) is 17.8 Å². The second-order valence-electron chi connectivity index (χ2n) is 9.60. The zero-order valence-electron chi connectivity index (χ0n) is 15.2. The van der Waals surface area contributed by atoms with Gasteiger partial charge in [-0.05, 0) is 112 Å². The van der Waals surface area contributed by atoms with E-state index in [0.29, 0.717) is 10.5 Å². The van der Waals surface area contributed by atoms with Crippen molar-refractivity contribution in [1.82, 2.24) is 5.32 Å². The maximum Gasteiger partial charge on any atom is 0.171 e. The molecule has 0 unspecified atom stereocenters. The van der Waals surface area contributed by atoms with Gasteiger partial charge in [-0.1, -0.05) is 12.1 Å². The van der Waals surface area contributed by atoms with E-state index < -0.39 is 0 Å². The van der Waals surface area contributed by atoms with E-state index in [9.17, 15) is 0 Å². The fraction of sp³-hybridized carbons (Fsp3) is 0.667. The number of benzene rings is 1.